The lowest BCUT2D eigenvalue weighted by Crippen LogP contribution is -2.56. The van der Waals surface area contributed by atoms with Crippen LogP contribution in [0.3, 0.4) is 0 Å². The molecule has 0 amide bonds. The average molecular weight is 1820 g/mol. The molecule has 0 aliphatic rings. The standard InChI is InChI=1S/C48H51B.C45H45B.C44H43B/c1-28-21-30(3)45(31(4)22-28)49(46-32(5)23-29(2)24-33(46)6)42-27-41(34-13-17-37(18-14-34)47(7,8)9)39-19-15-35-25-38(48(10,11)12)26-36-16-20-40(42)44(39)43(35)36;1-26-11-13-33(14-12-26)39-25-40(38-18-16-35-24-36(45(8,9)10)23-34-15-17-37(39)42(38)41(34)35)46(43-29(4)19-27(2)20-30(43)5)44-31(6)21-28(3)22-32(44)7;1-26-19-28(3)42(29(4)20-26)45(43-30(5)21-27(2)22-31(43)6)39-25-38(32-13-11-10-12-14-32)36-17-15-33-23-35(44(7,8)9)24-34-16-18-37(39)41(36)40(33)34/h13-27H,1-12H3;11-25H,1-10H3;10-25H,1-9H3. The van der Waals surface area contributed by atoms with Gasteiger partial charge in [-0.3, -0.25) is 0 Å². The van der Waals surface area contributed by atoms with Crippen molar-refractivity contribution in [1.29, 1.82) is 0 Å². The van der Waals surface area contributed by atoms with Gasteiger partial charge in [0.1, 0.15) is 0 Å². The van der Waals surface area contributed by atoms with E-state index in [-0.39, 0.29) is 41.8 Å². The third kappa shape index (κ3) is 17.3. The summed E-state index contributed by atoms with van der Waals surface area (Å²) in [5, 5.41) is 24.3. The highest BCUT2D eigenvalue weighted by Gasteiger charge is 2.38. The van der Waals surface area contributed by atoms with E-state index < -0.39 is 0 Å². The van der Waals surface area contributed by atoms with Crippen LogP contribution in [0.4, 0.5) is 0 Å². The van der Waals surface area contributed by atoms with E-state index in [0.29, 0.717) is 0 Å². The summed E-state index contributed by atoms with van der Waals surface area (Å²) in [5.74, 6) is 0. The van der Waals surface area contributed by atoms with Crippen LogP contribution in [-0.2, 0) is 21.7 Å². The molecule has 21 rings (SSSR count). The molecule has 21 aromatic rings. The van der Waals surface area contributed by atoms with Gasteiger partial charge in [0.15, 0.2) is 0 Å². The SMILES string of the molecule is Cc1cc(C)c(B(c2c(C)cc(C)cc2C)c2cc(-c3ccc(C(C)(C)C)cc3)c3ccc4cc(C(C)(C)C)cc5ccc2c3c54)c(C)c1.Cc1cc(C)c(B(c2c(C)cc(C)cc2C)c2cc(-c3ccccc3)c3ccc4cc(C(C)(C)C)cc5ccc2c3c54)c(C)c1.Cc1ccc(-c2cc(B(c3c(C)cc(C)cc3C)c3c(C)cc(C)cc3C)c3ccc4cc(C(C)(C)C)cc5ccc2c3c45)cc1. The first-order valence-corrected chi connectivity index (χ1v) is 51.2. The number of hydrogen-bond acceptors (Lipinski definition) is 0. The fourth-order valence-corrected chi connectivity index (χ4v) is 25.3. The van der Waals surface area contributed by atoms with E-state index in [9.17, 15) is 0 Å². The predicted molar refractivity (Wildman–Crippen MR) is 624 cm³/mol. The maximum absolute atomic E-state index is 2.55. The van der Waals surface area contributed by atoms with Crippen LogP contribution in [0, 0.1) is 132 Å². The quantitative estimate of drug-likeness (QED) is 0.0845. The highest BCUT2D eigenvalue weighted by molar-refractivity contribution is 6.99. The Kier molecular flexibility index (Phi) is 24.6. The van der Waals surface area contributed by atoms with Gasteiger partial charge in [0.25, 0.3) is 0 Å². The topological polar surface area (TPSA) is 0 Å². The van der Waals surface area contributed by atoms with Crippen molar-refractivity contribution in [2.24, 2.45) is 0 Å². The summed E-state index contributed by atoms with van der Waals surface area (Å²) in [6, 6.07) is 109. The molecule has 140 heavy (non-hydrogen) atoms. The molecule has 0 spiro atoms. The van der Waals surface area contributed by atoms with Gasteiger partial charge in [-0.1, -0.05) is 517 Å². The second-order valence-electron chi connectivity index (χ2n) is 46.7. The number of hydrogen-bond donors (Lipinski definition) is 0. The summed E-state index contributed by atoms with van der Waals surface area (Å²) in [7, 11) is 0. The molecule has 0 unspecified atom stereocenters. The van der Waals surface area contributed by atoms with E-state index in [4.69, 9.17) is 0 Å². The molecule has 0 heterocycles. The second-order valence-corrected chi connectivity index (χ2v) is 46.7. The number of aryl methyl sites for hydroxylation is 19. The fourth-order valence-electron chi connectivity index (χ4n) is 25.3. The van der Waals surface area contributed by atoms with Gasteiger partial charge in [-0.25, -0.2) is 0 Å². The highest BCUT2D eigenvalue weighted by atomic mass is 14.3. The molecular formula is C137H139B3. The average Bonchev–Trinajstić information content (AvgIpc) is 0.716. The highest BCUT2D eigenvalue weighted by Crippen LogP contribution is 2.47. The van der Waals surface area contributed by atoms with Crippen LogP contribution in [-0.4, -0.2) is 20.1 Å². The molecule has 0 nitrogen and oxygen atoms in total. The number of rotatable bonds is 12. The first-order chi connectivity index (χ1) is 66.3. The van der Waals surface area contributed by atoms with Crippen LogP contribution in [0.15, 0.2) is 279 Å². The molecule has 0 fully saturated rings. The van der Waals surface area contributed by atoms with Crippen molar-refractivity contribution < 1.29 is 0 Å². The second kappa shape index (κ2) is 35.9. The lowest BCUT2D eigenvalue weighted by Gasteiger charge is -2.28. The summed E-state index contributed by atoms with van der Waals surface area (Å²) in [6.07, 6.45) is 0. The molecule has 0 aromatic heterocycles. The predicted octanol–water partition coefficient (Wildman–Crippen LogP) is 31.4. The Hall–Kier alpha value is -13.1. The molecule has 0 atom stereocenters. The summed E-state index contributed by atoms with van der Waals surface area (Å²) >= 11 is 0. The lowest BCUT2D eigenvalue weighted by molar-refractivity contribution is 0.590. The Labute approximate surface area is 836 Å². The maximum Gasteiger partial charge on any atom is 0.243 e. The largest absolute Gasteiger partial charge is 0.243 e. The molecule has 0 N–H and O–H groups in total. The van der Waals surface area contributed by atoms with Crippen molar-refractivity contribution >= 4 is 166 Å². The van der Waals surface area contributed by atoms with Crippen LogP contribution < -0.4 is 49.2 Å². The van der Waals surface area contributed by atoms with Crippen LogP contribution in [0.1, 0.15) is 211 Å². The maximum atomic E-state index is 2.55. The van der Waals surface area contributed by atoms with E-state index in [1.807, 2.05) is 0 Å². The van der Waals surface area contributed by atoms with Crippen molar-refractivity contribution in [1.82, 2.24) is 0 Å². The van der Waals surface area contributed by atoms with Gasteiger partial charge >= 0.3 is 0 Å². The molecule has 696 valence electrons. The molecular weight excluding hydrogens is 1680 g/mol. The van der Waals surface area contributed by atoms with E-state index in [1.54, 1.807) is 0 Å². The number of benzene rings is 21. The normalized spacial score (nSPS) is 12.2. The third-order valence-electron chi connectivity index (χ3n) is 31.4. The summed E-state index contributed by atoms with van der Waals surface area (Å²) < 4.78 is 0. The van der Waals surface area contributed by atoms with E-state index >= 15 is 0 Å². The summed E-state index contributed by atoms with van der Waals surface area (Å²) in [5.41, 5.74) is 51.8. The minimum Gasteiger partial charge on any atom is -0.0629 e. The first-order valence-electron chi connectivity index (χ1n) is 51.2. The molecule has 0 saturated carbocycles. The van der Waals surface area contributed by atoms with Crippen molar-refractivity contribution in [3.8, 4) is 33.4 Å². The Morgan fingerprint density at radius 3 is 0.557 bits per heavy atom. The van der Waals surface area contributed by atoms with Gasteiger partial charge in [-0.05, 0) is 306 Å². The van der Waals surface area contributed by atoms with Crippen molar-refractivity contribution in [3.05, 3.63) is 407 Å². The van der Waals surface area contributed by atoms with Crippen molar-refractivity contribution in [2.45, 2.75) is 236 Å². The minimum absolute atomic E-state index is 0.0711. The molecule has 0 bridgehead atoms. The smallest absolute Gasteiger partial charge is 0.0629 e. The fraction of sp³-hybridized carbons (Fsp3) is 0.255. The van der Waals surface area contributed by atoms with Gasteiger partial charge in [-0.2, -0.15) is 0 Å². The zero-order chi connectivity index (χ0) is 99.6. The van der Waals surface area contributed by atoms with E-state index in [1.165, 1.54) is 307 Å². The molecule has 0 saturated heterocycles. The minimum atomic E-state index is 0.0711. The Morgan fingerprint density at radius 2 is 0.350 bits per heavy atom. The summed E-state index contributed by atoms with van der Waals surface area (Å²) in [6.45, 7) is 71.3. The van der Waals surface area contributed by atoms with E-state index in [0.717, 1.165) is 0 Å². The van der Waals surface area contributed by atoms with Gasteiger partial charge < -0.3 is 0 Å². The Balaban J connectivity index is 0.000000134. The molecule has 21 aromatic carbocycles. The van der Waals surface area contributed by atoms with Crippen LogP contribution >= 0.6 is 0 Å². The van der Waals surface area contributed by atoms with Crippen molar-refractivity contribution in [2.75, 3.05) is 0 Å². The van der Waals surface area contributed by atoms with Crippen LogP contribution in [0.2, 0.25) is 0 Å². The lowest BCUT2D eigenvalue weighted by atomic mass is 9.33. The van der Waals surface area contributed by atoms with E-state index in [2.05, 4.69) is 494 Å². The molecule has 0 aliphatic heterocycles. The molecule has 0 radical (unpaired) electrons. The molecule has 0 aliphatic carbocycles. The zero-order valence-corrected chi connectivity index (χ0v) is 89.3. The van der Waals surface area contributed by atoms with Gasteiger partial charge in [0, 0.05) is 0 Å². The first kappa shape index (κ1) is 95.8. The Bertz CT molecular complexity index is 8140. The monoisotopic (exact) mass is 1820 g/mol. The van der Waals surface area contributed by atoms with Crippen LogP contribution in [0.5, 0.6) is 0 Å². The summed E-state index contributed by atoms with van der Waals surface area (Å²) in [4.78, 5) is 0. The van der Waals surface area contributed by atoms with Gasteiger partial charge in [0.05, 0.1) is 0 Å². The van der Waals surface area contributed by atoms with Crippen molar-refractivity contribution in [3.63, 3.8) is 0 Å². The van der Waals surface area contributed by atoms with Gasteiger partial charge in [0.2, 0.25) is 20.1 Å². The Morgan fingerprint density at radius 1 is 0.157 bits per heavy atom. The zero-order valence-electron chi connectivity index (χ0n) is 89.3. The molecule has 3 heteroatoms. The van der Waals surface area contributed by atoms with Gasteiger partial charge in [-0.15, -0.1) is 0 Å². The third-order valence-corrected chi connectivity index (χ3v) is 31.4. The van der Waals surface area contributed by atoms with Crippen LogP contribution in [0.25, 0.3) is 130 Å².